The third-order valence-electron chi connectivity index (χ3n) is 10.9. The molecule has 1 aromatic carbocycles. The number of carbonyl (C=O) groups excluding carboxylic acids is 2. The second-order valence-electron chi connectivity index (χ2n) is 12.3. The lowest BCUT2D eigenvalue weighted by molar-refractivity contribution is -0.143. The van der Waals surface area contributed by atoms with Crippen molar-refractivity contribution in [3.8, 4) is 0 Å². The Hall–Kier alpha value is -2.76. The number of carbonyl (C=O) groups is 2. The fourth-order valence-corrected chi connectivity index (χ4v) is 8.76. The molecule has 0 aromatic heterocycles. The summed E-state index contributed by atoms with van der Waals surface area (Å²) < 4.78 is 12.1. The van der Waals surface area contributed by atoms with Crippen molar-refractivity contribution in [2.75, 3.05) is 31.9 Å². The summed E-state index contributed by atoms with van der Waals surface area (Å²) in [7, 11) is 1.50. The highest BCUT2D eigenvalue weighted by Gasteiger charge is 2.66. The number of hydrogen-bond acceptors (Lipinski definition) is 9. The van der Waals surface area contributed by atoms with E-state index in [1.54, 1.807) is 13.1 Å². The number of esters is 1. The predicted octanol–water partition coefficient (Wildman–Crippen LogP) is 1.05. The summed E-state index contributed by atoms with van der Waals surface area (Å²) in [6, 6.07) is 7.55. The second-order valence-corrected chi connectivity index (χ2v) is 12.3. The van der Waals surface area contributed by atoms with Gasteiger partial charge in [-0.15, -0.1) is 0 Å². The summed E-state index contributed by atoms with van der Waals surface area (Å²) in [4.78, 5) is 35.1. The molecule has 5 aliphatic heterocycles. The maximum atomic E-state index is 14.2. The molecular weight excluding hydrogens is 516 g/mol. The number of aliphatic hydroxyl groups excluding tert-OH is 2. The van der Waals surface area contributed by atoms with Crippen molar-refractivity contribution in [3.63, 3.8) is 0 Å². The average molecular weight is 553 g/mol. The molecule has 1 amide bonds. The Morgan fingerprint density at radius 3 is 2.75 bits per heavy atom. The molecular formula is C30H36N2O8. The molecule has 6 fully saturated rings. The van der Waals surface area contributed by atoms with Crippen LogP contribution < -0.4 is 5.06 Å². The zero-order valence-corrected chi connectivity index (χ0v) is 22.9. The van der Waals surface area contributed by atoms with Gasteiger partial charge in [0.25, 0.3) is 5.91 Å². The number of para-hydroxylation sites is 1. The Balaban J connectivity index is 1.35. The van der Waals surface area contributed by atoms with Gasteiger partial charge in [-0.05, 0) is 37.3 Å². The molecule has 10 nitrogen and oxygen atoms in total. The number of hydrogen-bond donors (Lipinski definition) is 3. The molecule has 8 rings (SSSR count). The number of anilines is 1. The number of amides is 1. The standard InChI is InChI=1S/C30H36N2O8/c1-4-16-11-31(12-18-24-26(40-27(18)35)25(34)15(2)30(24,37)14-33)22-10-29(23-9-17(16)19(22)13-39-23)20-7-5-6-8-21(20)32(38-3)28(29)36/h4-8,12,15,17,19,22-26,33-34,37H,9-11,13-14H2,1-3H3/b16-4-,18-12+/t15-,17-,19-,22-,23+,24-,25-,26+,29-,30-/m0/s1. The van der Waals surface area contributed by atoms with Crippen LogP contribution in [0.1, 0.15) is 32.3 Å². The molecule has 10 heteroatoms. The van der Waals surface area contributed by atoms with Crippen LogP contribution in [-0.4, -0.2) is 88.9 Å². The van der Waals surface area contributed by atoms with E-state index < -0.39 is 47.6 Å². The molecule has 1 aromatic rings. The highest BCUT2D eigenvalue weighted by atomic mass is 16.7. The number of fused-ring (bicyclic) bond motifs is 3. The Labute approximate surface area is 232 Å². The van der Waals surface area contributed by atoms with Gasteiger partial charge in [-0.3, -0.25) is 9.63 Å². The second kappa shape index (κ2) is 8.87. The third kappa shape index (κ3) is 3.11. The van der Waals surface area contributed by atoms with Crippen LogP contribution in [0.15, 0.2) is 47.7 Å². The van der Waals surface area contributed by atoms with E-state index in [0.717, 1.165) is 11.3 Å². The molecule has 4 saturated heterocycles. The van der Waals surface area contributed by atoms with Gasteiger partial charge in [0, 0.05) is 30.6 Å². The largest absolute Gasteiger partial charge is 0.455 e. The Morgan fingerprint density at radius 2 is 2.02 bits per heavy atom. The van der Waals surface area contributed by atoms with Gasteiger partial charge in [-0.2, -0.15) is 5.06 Å². The van der Waals surface area contributed by atoms with E-state index in [4.69, 9.17) is 14.3 Å². The van der Waals surface area contributed by atoms with Gasteiger partial charge < -0.3 is 29.7 Å². The van der Waals surface area contributed by atoms with Crippen molar-refractivity contribution in [1.29, 1.82) is 0 Å². The van der Waals surface area contributed by atoms with Crippen LogP contribution in [-0.2, 0) is 29.3 Å². The monoisotopic (exact) mass is 552 g/mol. The van der Waals surface area contributed by atoms with Crippen LogP contribution in [0.3, 0.4) is 0 Å². The minimum atomic E-state index is -1.70. The van der Waals surface area contributed by atoms with Crippen LogP contribution in [0, 0.1) is 23.7 Å². The van der Waals surface area contributed by atoms with Crippen molar-refractivity contribution < 1.29 is 39.2 Å². The number of benzene rings is 1. The lowest BCUT2D eigenvalue weighted by Crippen LogP contribution is -2.51. The normalized spacial score (nSPS) is 45.5. The molecule has 2 aliphatic carbocycles. The Bertz CT molecular complexity index is 1330. The summed E-state index contributed by atoms with van der Waals surface area (Å²) in [5, 5.41) is 33.7. The fourth-order valence-electron chi connectivity index (χ4n) is 8.76. The van der Waals surface area contributed by atoms with Crippen LogP contribution in [0.5, 0.6) is 0 Å². The van der Waals surface area contributed by atoms with Crippen LogP contribution in [0.4, 0.5) is 5.69 Å². The molecule has 5 heterocycles. The Kier molecular flexibility index (Phi) is 5.80. The zero-order valence-electron chi connectivity index (χ0n) is 22.9. The first kappa shape index (κ1) is 26.2. The SMILES string of the molecule is C/C=C1/CN(/C=C2/C(=O)O[C@H]3[C@@H](O)[C@H](C)[C@@](O)(CO)[C@@H]23)[C@H]2C[C@@]3(C(=O)N(OC)c4ccccc43)[C@H]3C[C@@H]1[C@@H]2CO3. The lowest BCUT2D eigenvalue weighted by Gasteiger charge is -2.47. The van der Waals surface area contributed by atoms with Crippen molar-refractivity contribution in [2.24, 2.45) is 23.7 Å². The minimum Gasteiger partial charge on any atom is -0.455 e. The van der Waals surface area contributed by atoms with Crippen molar-refractivity contribution in [2.45, 2.75) is 62.1 Å². The van der Waals surface area contributed by atoms with Crippen molar-refractivity contribution in [1.82, 2.24) is 4.90 Å². The molecule has 7 aliphatic rings. The molecule has 4 bridgehead atoms. The van der Waals surface area contributed by atoms with Crippen LogP contribution in [0.25, 0.3) is 0 Å². The maximum absolute atomic E-state index is 14.2. The lowest BCUT2D eigenvalue weighted by atomic mass is 9.72. The van der Waals surface area contributed by atoms with Crippen molar-refractivity contribution in [3.05, 3.63) is 53.3 Å². The first-order valence-corrected chi connectivity index (χ1v) is 14.2. The summed E-state index contributed by atoms with van der Waals surface area (Å²) in [6.45, 7) is 4.10. The molecule has 10 atom stereocenters. The summed E-state index contributed by atoms with van der Waals surface area (Å²) in [5.41, 5.74) is 0.407. The molecule has 0 radical (unpaired) electrons. The summed E-state index contributed by atoms with van der Waals surface area (Å²) >= 11 is 0. The van der Waals surface area contributed by atoms with E-state index in [1.165, 1.54) is 17.7 Å². The minimum absolute atomic E-state index is 0.0852. The van der Waals surface area contributed by atoms with Gasteiger partial charge in [0.1, 0.15) is 17.1 Å². The summed E-state index contributed by atoms with van der Waals surface area (Å²) in [5.74, 6) is -1.99. The third-order valence-corrected chi connectivity index (χ3v) is 10.9. The van der Waals surface area contributed by atoms with Gasteiger partial charge in [0.05, 0.1) is 49.7 Å². The van der Waals surface area contributed by atoms with Crippen molar-refractivity contribution >= 4 is 17.6 Å². The van der Waals surface area contributed by atoms with Gasteiger partial charge in [-0.25, -0.2) is 4.79 Å². The maximum Gasteiger partial charge on any atom is 0.336 e. The number of allylic oxidation sites excluding steroid dienone is 1. The highest BCUT2D eigenvalue weighted by molar-refractivity contribution is 6.07. The zero-order chi connectivity index (χ0) is 28.1. The molecule has 0 unspecified atom stereocenters. The summed E-state index contributed by atoms with van der Waals surface area (Å²) in [6.07, 6.45) is 2.71. The van der Waals surface area contributed by atoms with Gasteiger partial charge in [0.2, 0.25) is 0 Å². The topological polar surface area (TPSA) is 129 Å². The van der Waals surface area contributed by atoms with Gasteiger partial charge >= 0.3 is 5.97 Å². The first-order chi connectivity index (χ1) is 19.2. The van der Waals surface area contributed by atoms with E-state index in [-0.39, 0.29) is 35.5 Å². The van der Waals surface area contributed by atoms with E-state index in [0.29, 0.717) is 26.0 Å². The Morgan fingerprint density at radius 1 is 1.25 bits per heavy atom. The van der Waals surface area contributed by atoms with E-state index in [2.05, 4.69) is 11.0 Å². The highest BCUT2D eigenvalue weighted by Crippen LogP contribution is 2.58. The predicted molar refractivity (Wildman–Crippen MR) is 141 cm³/mol. The van der Waals surface area contributed by atoms with Crippen LogP contribution in [0.2, 0.25) is 0 Å². The molecule has 1 spiro atoms. The average Bonchev–Trinajstić information content (AvgIpc) is 3.39. The number of hydroxylamine groups is 1. The van der Waals surface area contributed by atoms with E-state index in [1.807, 2.05) is 31.2 Å². The number of nitrogens with zero attached hydrogens (tertiary/aromatic N) is 2. The molecule has 3 N–H and O–H groups in total. The first-order valence-electron chi connectivity index (χ1n) is 14.2. The quantitative estimate of drug-likeness (QED) is 0.286. The number of likely N-dealkylation sites (tertiary alicyclic amines) is 1. The van der Waals surface area contributed by atoms with Gasteiger partial charge in [-0.1, -0.05) is 36.8 Å². The molecule has 40 heavy (non-hydrogen) atoms. The fraction of sp³-hybridized carbons (Fsp3) is 0.600. The number of piperidine rings is 1. The smallest absolute Gasteiger partial charge is 0.336 e. The molecule has 2 saturated carbocycles. The van der Waals surface area contributed by atoms with Crippen LogP contribution >= 0.6 is 0 Å². The number of ether oxygens (including phenoxy) is 2. The van der Waals surface area contributed by atoms with E-state index >= 15 is 0 Å². The van der Waals surface area contributed by atoms with Gasteiger partial charge in [0.15, 0.2) is 0 Å². The van der Waals surface area contributed by atoms with E-state index in [9.17, 15) is 24.9 Å². The number of rotatable bonds is 3. The number of aliphatic hydroxyl groups is 3. The molecule has 214 valence electrons.